The highest BCUT2D eigenvalue weighted by atomic mass is 19.4. The van der Waals surface area contributed by atoms with Gasteiger partial charge in [0.2, 0.25) is 0 Å². The fourth-order valence-electron chi connectivity index (χ4n) is 1.61. The lowest BCUT2D eigenvalue weighted by Gasteiger charge is -2.11. The molecule has 1 rings (SSSR count). The molecule has 1 aromatic carbocycles. The molecule has 0 saturated carbocycles. The number of carbonyl (C=O) groups excluding carboxylic acids is 1. The number of carbonyl (C=O) groups is 1. The van der Waals surface area contributed by atoms with Crippen molar-refractivity contribution in [1.82, 2.24) is 0 Å². The fraction of sp³-hybridized carbons (Fsp3) is 0.462. The van der Waals surface area contributed by atoms with Crippen LogP contribution >= 0.6 is 0 Å². The SMILES string of the molecule is CC(C(=O)CCCC(F)(F)F)c1ccccc1. The van der Waals surface area contributed by atoms with Gasteiger partial charge in [0, 0.05) is 18.8 Å². The number of hydrogen-bond donors (Lipinski definition) is 0. The van der Waals surface area contributed by atoms with Crippen molar-refractivity contribution in [3.8, 4) is 0 Å². The van der Waals surface area contributed by atoms with Gasteiger partial charge in [-0.25, -0.2) is 0 Å². The molecule has 4 heteroatoms. The topological polar surface area (TPSA) is 17.1 Å². The van der Waals surface area contributed by atoms with Crippen LogP contribution in [-0.2, 0) is 4.79 Å². The molecule has 0 aliphatic heterocycles. The van der Waals surface area contributed by atoms with E-state index in [4.69, 9.17) is 0 Å². The maximum atomic E-state index is 11.9. The van der Waals surface area contributed by atoms with Crippen molar-refractivity contribution in [2.45, 2.75) is 38.3 Å². The maximum absolute atomic E-state index is 11.9. The van der Waals surface area contributed by atoms with E-state index >= 15 is 0 Å². The van der Waals surface area contributed by atoms with Crippen LogP contribution in [0.25, 0.3) is 0 Å². The van der Waals surface area contributed by atoms with E-state index in [0.29, 0.717) is 0 Å². The summed E-state index contributed by atoms with van der Waals surface area (Å²) in [4.78, 5) is 11.7. The first kappa shape index (κ1) is 13.7. The lowest BCUT2D eigenvalue weighted by Crippen LogP contribution is -2.12. The Morgan fingerprint density at radius 2 is 1.82 bits per heavy atom. The molecule has 0 saturated heterocycles. The molecule has 0 fully saturated rings. The van der Waals surface area contributed by atoms with Crippen LogP contribution in [-0.4, -0.2) is 12.0 Å². The Kier molecular flexibility index (Phi) is 4.73. The van der Waals surface area contributed by atoms with E-state index in [2.05, 4.69) is 0 Å². The van der Waals surface area contributed by atoms with Crippen molar-refractivity contribution in [2.75, 3.05) is 0 Å². The normalized spacial score (nSPS) is 13.4. The van der Waals surface area contributed by atoms with Gasteiger partial charge in [-0.3, -0.25) is 4.79 Å². The van der Waals surface area contributed by atoms with Crippen LogP contribution < -0.4 is 0 Å². The molecule has 94 valence electrons. The minimum absolute atomic E-state index is 0.0183. The summed E-state index contributed by atoms with van der Waals surface area (Å²) in [5.74, 6) is -0.468. The Labute approximate surface area is 98.6 Å². The van der Waals surface area contributed by atoms with Crippen LogP contribution in [0.3, 0.4) is 0 Å². The van der Waals surface area contributed by atoms with Gasteiger partial charge in [0.05, 0.1) is 0 Å². The van der Waals surface area contributed by atoms with Crippen molar-refractivity contribution >= 4 is 5.78 Å². The highest BCUT2D eigenvalue weighted by Crippen LogP contribution is 2.24. The quantitative estimate of drug-likeness (QED) is 0.762. The van der Waals surface area contributed by atoms with Crippen molar-refractivity contribution in [1.29, 1.82) is 0 Å². The molecule has 0 bridgehead atoms. The summed E-state index contributed by atoms with van der Waals surface area (Å²) < 4.78 is 35.8. The molecule has 0 aromatic heterocycles. The first-order valence-electron chi connectivity index (χ1n) is 5.54. The maximum Gasteiger partial charge on any atom is 0.389 e. The Morgan fingerprint density at radius 3 is 2.35 bits per heavy atom. The lowest BCUT2D eigenvalue weighted by molar-refractivity contribution is -0.137. The van der Waals surface area contributed by atoms with Crippen molar-refractivity contribution < 1.29 is 18.0 Å². The average molecular weight is 244 g/mol. The van der Waals surface area contributed by atoms with Crippen molar-refractivity contribution in [2.24, 2.45) is 0 Å². The van der Waals surface area contributed by atoms with Gasteiger partial charge in [0.15, 0.2) is 0 Å². The predicted octanol–water partition coefficient (Wildman–Crippen LogP) is 4.09. The molecule has 1 nitrogen and oxygen atoms in total. The third-order valence-corrected chi connectivity index (χ3v) is 2.67. The lowest BCUT2D eigenvalue weighted by atomic mass is 9.94. The first-order chi connectivity index (χ1) is 7.90. The monoisotopic (exact) mass is 244 g/mol. The van der Waals surface area contributed by atoms with Crippen LogP contribution in [0.1, 0.15) is 37.7 Å². The Hall–Kier alpha value is -1.32. The summed E-state index contributed by atoms with van der Waals surface area (Å²) in [6.45, 7) is 1.73. The third-order valence-electron chi connectivity index (χ3n) is 2.67. The molecular formula is C13H15F3O. The predicted molar refractivity (Wildman–Crippen MR) is 59.8 cm³/mol. The minimum Gasteiger partial charge on any atom is -0.299 e. The van der Waals surface area contributed by atoms with Gasteiger partial charge in [-0.1, -0.05) is 37.3 Å². The number of ketones is 1. The second-order valence-corrected chi connectivity index (χ2v) is 4.07. The average Bonchev–Trinajstić information content (AvgIpc) is 2.27. The van der Waals surface area contributed by atoms with Gasteiger partial charge in [0.1, 0.15) is 5.78 Å². The van der Waals surface area contributed by atoms with Crippen LogP contribution in [0.15, 0.2) is 30.3 Å². The molecule has 0 N–H and O–H groups in total. The molecule has 0 amide bonds. The van der Waals surface area contributed by atoms with Crippen molar-refractivity contribution in [3.63, 3.8) is 0 Å². The molecule has 0 aliphatic carbocycles. The van der Waals surface area contributed by atoms with Gasteiger partial charge in [-0.15, -0.1) is 0 Å². The van der Waals surface area contributed by atoms with E-state index in [1.54, 1.807) is 6.92 Å². The molecule has 17 heavy (non-hydrogen) atoms. The molecule has 0 spiro atoms. The van der Waals surface area contributed by atoms with E-state index in [1.165, 1.54) is 0 Å². The smallest absolute Gasteiger partial charge is 0.299 e. The van der Waals surface area contributed by atoms with Crippen molar-refractivity contribution in [3.05, 3.63) is 35.9 Å². The van der Waals surface area contributed by atoms with E-state index in [0.717, 1.165) is 5.56 Å². The molecular weight excluding hydrogens is 229 g/mol. The Balaban J connectivity index is 2.43. The van der Waals surface area contributed by atoms with Crippen LogP contribution in [0, 0.1) is 0 Å². The van der Waals surface area contributed by atoms with Gasteiger partial charge < -0.3 is 0 Å². The highest BCUT2D eigenvalue weighted by Gasteiger charge is 2.27. The summed E-state index contributed by atoms with van der Waals surface area (Å²) >= 11 is 0. The third kappa shape index (κ3) is 5.02. The zero-order valence-electron chi connectivity index (χ0n) is 9.63. The second-order valence-electron chi connectivity index (χ2n) is 4.07. The van der Waals surface area contributed by atoms with Crippen LogP contribution in [0.5, 0.6) is 0 Å². The Morgan fingerprint density at radius 1 is 1.24 bits per heavy atom. The largest absolute Gasteiger partial charge is 0.389 e. The van der Waals surface area contributed by atoms with Crippen LogP contribution in [0.2, 0.25) is 0 Å². The number of Topliss-reactive ketones (excluding diaryl/α,β-unsaturated/α-hetero) is 1. The van der Waals surface area contributed by atoms with E-state index in [-0.39, 0.29) is 24.5 Å². The van der Waals surface area contributed by atoms with Crippen LogP contribution in [0.4, 0.5) is 13.2 Å². The fourth-order valence-corrected chi connectivity index (χ4v) is 1.61. The molecule has 0 aliphatic rings. The summed E-state index contributed by atoms with van der Waals surface area (Å²) in [6.07, 6.45) is -5.20. The molecule has 0 heterocycles. The summed E-state index contributed by atoms with van der Waals surface area (Å²) in [5.41, 5.74) is 0.851. The zero-order valence-corrected chi connectivity index (χ0v) is 9.63. The van der Waals surface area contributed by atoms with Gasteiger partial charge in [-0.2, -0.15) is 13.2 Å². The van der Waals surface area contributed by atoms with E-state index < -0.39 is 12.6 Å². The Bertz CT molecular complexity index is 357. The summed E-state index contributed by atoms with van der Waals surface area (Å²) in [6, 6.07) is 9.09. The number of alkyl halides is 3. The molecule has 1 atom stereocenters. The number of hydrogen-bond acceptors (Lipinski definition) is 1. The standard InChI is InChI=1S/C13H15F3O/c1-10(11-6-3-2-4-7-11)12(17)8-5-9-13(14,15)16/h2-4,6-7,10H,5,8-9H2,1H3. The number of halogens is 3. The van der Waals surface area contributed by atoms with Gasteiger partial charge in [-0.05, 0) is 12.0 Å². The molecule has 1 unspecified atom stereocenters. The number of rotatable bonds is 5. The second kappa shape index (κ2) is 5.84. The summed E-state index contributed by atoms with van der Waals surface area (Å²) in [7, 11) is 0. The molecule has 0 radical (unpaired) electrons. The van der Waals surface area contributed by atoms with Gasteiger partial charge in [0.25, 0.3) is 0 Å². The summed E-state index contributed by atoms with van der Waals surface area (Å²) in [5, 5.41) is 0. The van der Waals surface area contributed by atoms with Gasteiger partial charge >= 0.3 is 6.18 Å². The highest BCUT2D eigenvalue weighted by molar-refractivity contribution is 5.85. The van der Waals surface area contributed by atoms with E-state index in [1.807, 2.05) is 30.3 Å². The molecule has 1 aromatic rings. The zero-order chi connectivity index (χ0) is 12.9. The minimum atomic E-state index is -4.17. The first-order valence-corrected chi connectivity index (χ1v) is 5.54. The van der Waals surface area contributed by atoms with E-state index in [9.17, 15) is 18.0 Å². The number of benzene rings is 1.